The third-order valence-electron chi connectivity index (χ3n) is 4.60. The molecular weight excluding hydrogens is 403 g/mol. The van der Waals surface area contributed by atoms with Gasteiger partial charge in [0.2, 0.25) is 0 Å². The number of aromatic hydroxyl groups is 1. The number of carboxylic acids is 1. The number of hydrogen-bond acceptors (Lipinski definition) is 5. The molecule has 1 atom stereocenters. The molecule has 0 bridgehead atoms. The van der Waals surface area contributed by atoms with Crippen LogP contribution in [0.2, 0.25) is 0 Å². The van der Waals surface area contributed by atoms with E-state index in [2.05, 4.69) is 0 Å². The third-order valence-corrected chi connectivity index (χ3v) is 4.60. The highest BCUT2D eigenvalue weighted by atomic mass is 19.1. The average Bonchev–Trinajstić information content (AvgIpc) is 2.66. The van der Waals surface area contributed by atoms with E-state index < -0.39 is 17.3 Å². The van der Waals surface area contributed by atoms with E-state index >= 15 is 0 Å². The molecule has 168 valence electrons. The molecule has 6 nitrogen and oxygen atoms in total. The Kier molecular flexibility index (Phi) is 7.65. The molecular formula is C24H29FO6. The van der Waals surface area contributed by atoms with E-state index in [4.69, 9.17) is 14.6 Å². The minimum absolute atomic E-state index is 0.0804. The van der Waals surface area contributed by atoms with Gasteiger partial charge in [0.25, 0.3) is 0 Å². The number of phenolic OH excluding ortho intramolecular Hbond substituents is 1. The van der Waals surface area contributed by atoms with Crippen LogP contribution in [-0.2, 0) is 0 Å². The second-order valence-electron chi connectivity index (χ2n) is 8.92. The van der Waals surface area contributed by atoms with Crippen molar-refractivity contribution in [3.05, 3.63) is 52.8 Å². The number of halogens is 1. The maximum Gasteiger partial charge on any atom is 0.338 e. The predicted octanol–water partition coefficient (Wildman–Crippen LogP) is 5.25. The van der Waals surface area contributed by atoms with E-state index in [1.165, 1.54) is 6.07 Å². The molecule has 7 heteroatoms. The number of benzene rings is 2. The minimum Gasteiger partial charge on any atom is -0.507 e. The van der Waals surface area contributed by atoms with Gasteiger partial charge in [-0.2, -0.15) is 0 Å². The van der Waals surface area contributed by atoms with Gasteiger partial charge in [0.1, 0.15) is 23.1 Å². The molecule has 2 rings (SSSR count). The smallest absolute Gasteiger partial charge is 0.338 e. The van der Waals surface area contributed by atoms with Crippen molar-refractivity contribution in [1.82, 2.24) is 0 Å². The van der Waals surface area contributed by atoms with Gasteiger partial charge in [-0.3, -0.25) is 4.79 Å². The molecule has 0 fully saturated rings. The number of carboxylic acid groups (broad SMARTS) is 1. The molecule has 0 spiro atoms. The van der Waals surface area contributed by atoms with E-state index in [1.807, 2.05) is 27.7 Å². The topological polar surface area (TPSA) is 93.1 Å². The fourth-order valence-corrected chi connectivity index (χ4v) is 2.92. The van der Waals surface area contributed by atoms with Crippen molar-refractivity contribution in [1.29, 1.82) is 0 Å². The summed E-state index contributed by atoms with van der Waals surface area (Å²) in [5, 5.41) is 19.4. The standard InChI is InChI=1S/C24H29FO6/c1-14(12-30-16-6-8-19(25)18(10-16)23(28)29)13-31-21-9-7-17(22(27)15(21)2)20(26)11-24(3,4)5/h6-10,14,27H,11-13H2,1-5H3,(H,28,29)/t14-/m0/s1. The molecule has 0 radical (unpaired) electrons. The highest BCUT2D eigenvalue weighted by Crippen LogP contribution is 2.33. The fraction of sp³-hybridized carbons (Fsp3) is 0.417. The Balaban J connectivity index is 1.97. The summed E-state index contributed by atoms with van der Waals surface area (Å²) >= 11 is 0. The first-order valence-corrected chi connectivity index (χ1v) is 10.0. The largest absolute Gasteiger partial charge is 0.507 e. The average molecular weight is 432 g/mol. The second kappa shape index (κ2) is 9.81. The van der Waals surface area contributed by atoms with Crippen LogP contribution in [-0.4, -0.2) is 35.2 Å². The Labute approximate surface area is 181 Å². The molecule has 0 aliphatic rings. The maximum atomic E-state index is 13.5. The molecule has 0 saturated carbocycles. The number of phenols is 1. The van der Waals surface area contributed by atoms with E-state index in [9.17, 15) is 19.1 Å². The molecule has 2 aromatic carbocycles. The van der Waals surface area contributed by atoms with Crippen LogP contribution in [0, 0.1) is 24.1 Å². The van der Waals surface area contributed by atoms with Crippen molar-refractivity contribution >= 4 is 11.8 Å². The zero-order valence-corrected chi connectivity index (χ0v) is 18.5. The predicted molar refractivity (Wildman–Crippen MR) is 115 cm³/mol. The number of rotatable bonds is 9. The van der Waals surface area contributed by atoms with Crippen LogP contribution in [0.5, 0.6) is 17.2 Å². The molecule has 31 heavy (non-hydrogen) atoms. The lowest BCUT2D eigenvalue weighted by molar-refractivity contribution is 0.0690. The quantitative estimate of drug-likeness (QED) is 0.526. The van der Waals surface area contributed by atoms with Crippen LogP contribution in [0.4, 0.5) is 4.39 Å². The van der Waals surface area contributed by atoms with Crippen LogP contribution >= 0.6 is 0 Å². The zero-order valence-electron chi connectivity index (χ0n) is 18.5. The van der Waals surface area contributed by atoms with E-state index in [-0.39, 0.29) is 47.4 Å². The lowest BCUT2D eigenvalue weighted by Crippen LogP contribution is -2.17. The number of carbonyl (C=O) groups is 2. The van der Waals surface area contributed by atoms with Gasteiger partial charge in [0.15, 0.2) is 5.78 Å². The van der Waals surface area contributed by atoms with Crippen molar-refractivity contribution < 1.29 is 33.7 Å². The Hall–Kier alpha value is -3.09. The first-order valence-electron chi connectivity index (χ1n) is 10.0. The van der Waals surface area contributed by atoms with Crippen molar-refractivity contribution in [3.8, 4) is 17.2 Å². The van der Waals surface area contributed by atoms with Crippen molar-refractivity contribution in [2.45, 2.75) is 41.0 Å². The SMILES string of the molecule is Cc1c(OC[C@@H](C)COc2ccc(F)c(C(=O)O)c2)ccc(C(=O)CC(C)(C)C)c1O. The molecule has 0 heterocycles. The summed E-state index contributed by atoms with van der Waals surface area (Å²) in [7, 11) is 0. The number of carbonyl (C=O) groups excluding carboxylic acids is 1. The molecule has 2 aromatic rings. The van der Waals surface area contributed by atoms with Gasteiger partial charge >= 0.3 is 5.97 Å². The van der Waals surface area contributed by atoms with E-state index in [0.717, 1.165) is 12.1 Å². The lowest BCUT2D eigenvalue weighted by atomic mass is 9.87. The number of aromatic carboxylic acids is 1. The first-order chi connectivity index (χ1) is 14.4. The summed E-state index contributed by atoms with van der Waals surface area (Å²) < 4.78 is 24.8. The van der Waals surface area contributed by atoms with Gasteiger partial charge in [-0.05, 0) is 42.7 Å². The normalized spacial score (nSPS) is 12.3. The molecule has 0 aliphatic carbocycles. The highest BCUT2D eigenvalue weighted by molar-refractivity contribution is 5.99. The molecule has 2 N–H and O–H groups in total. The van der Waals surface area contributed by atoms with Crippen LogP contribution in [0.15, 0.2) is 30.3 Å². The second-order valence-corrected chi connectivity index (χ2v) is 8.92. The zero-order chi connectivity index (χ0) is 23.3. The number of Topliss-reactive ketones (excluding diaryl/α,β-unsaturated/α-hetero) is 1. The maximum absolute atomic E-state index is 13.5. The molecule has 0 aliphatic heterocycles. The van der Waals surface area contributed by atoms with Gasteiger partial charge < -0.3 is 19.7 Å². The number of ether oxygens (including phenoxy) is 2. The van der Waals surface area contributed by atoms with Crippen LogP contribution in [0.25, 0.3) is 0 Å². The summed E-state index contributed by atoms with van der Waals surface area (Å²) in [6.07, 6.45) is 0.321. The van der Waals surface area contributed by atoms with Crippen LogP contribution in [0.1, 0.15) is 60.4 Å². The highest BCUT2D eigenvalue weighted by Gasteiger charge is 2.22. The molecule has 0 saturated heterocycles. The summed E-state index contributed by atoms with van der Waals surface area (Å²) in [6.45, 7) is 9.93. The summed E-state index contributed by atoms with van der Waals surface area (Å²) in [4.78, 5) is 23.4. The first kappa shape index (κ1) is 24.2. The third kappa shape index (κ3) is 6.70. The Morgan fingerprint density at radius 2 is 1.71 bits per heavy atom. The van der Waals surface area contributed by atoms with Crippen molar-refractivity contribution in [2.24, 2.45) is 11.3 Å². The fourth-order valence-electron chi connectivity index (χ4n) is 2.92. The summed E-state index contributed by atoms with van der Waals surface area (Å²) in [6, 6.07) is 6.79. The Morgan fingerprint density at radius 1 is 1.06 bits per heavy atom. The minimum atomic E-state index is -1.36. The lowest BCUT2D eigenvalue weighted by Gasteiger charge is -2.19. The van der Waals surface area contributed by atoms with Crippen LogP contribution in [0.3, 0.4) is 0 Å². The number of ketones is 1. The van der Waals surface area contributed by atoms with Crippen LogP contribution < -0.4 is 9.47 Å². The number of hydrogen-bond donors (Lipinski definition) is 2. The molecule has 0 amide bonds. The van der Waals surface area contributed by atoms with Gasteiger partial charge in [0, 0.05) is 17.9 Å². The summed E-state index contributed by atoms with van der Waals surface area (Å²) in [5.41, 5.74) is 0.130. The van der Waals surface area contributed by atoms with Gasteiger partial charge in [-0.1, -0.05) is 27.7 Å². The van der Waals surface area contributed by atoms with Gasteiger partial charge in [0.05, 0.1) is 24.3 Å². The Bertz CT molecular complexity index is 961. The Morgan fingerprint density at radius 3 is 2.32 bits per heavy atom. The van der Waals surface area contributed by atoms with E-state index in [0.29, 0.717) is 17.7 Å². The summed E-state index contributed by atoms with van der Waals surface area (Å²) in [5.74, 6) is -1.76. The molecule has 0 aromatic heterocycles. The van der Waals surface area contributed by atoms with Gasteiger partial charge in [-0.25, -0.2) is 9.18 Å². The van der Waals surface area contributed by atoms with E-state index in [1.54, 1.807) is 19.1 Å². The van der Waals surface area contributed by atoms with Gasteiger partial charge in [-0.15, -0.1) is 0 Å². The monoisotopic (exact) mass is 432 g/mol. The van der Waals surface area contributed by atoms with Crippen molar-refractivity contribution in [3.63, 3.8) is 0 Å². The van der Waals surface area contributed by atoms with Crippen molar-refractivity contribution in [2.75, 3.05) is 13.2 Å². The molecule has 0 unspecified atom stereocenters.